The van der Waals surface area contributed by atoms with Crippen LogP contribution in [0.15, 0.2) is 0 Å². The van der Waals surface area contributed by atoms with Crippen molar-refractivity contribution in [1.29, 1.82) is 0 Å². The summed E-state index contributed by atoms with van der Waals surface area (Å²) in [6, 6.07) is 0.0563. The summed E-state index contributed by atoms with van der Waals surface area (Å²) in [7, 11) is 0. The van der Waals surface area contributed by atoms with Gasteiger partial charge in [0.2, 0.25) is 5.91 Å². The molecule has 2 unspecified atom stereocenters. The Morgan fingerprint density at radius 1 is 1.12 bits per heavy atom. The lowest BCUT2D eigenvalue weighted by atomic mass is 9.93. The number of rotatable bonds is 11. The SMILES string of the molecule is CCCCC(C)(CCC)OCCCNC(=O)C1CCN1C(C)(C)C. The number of amides is 1. The van der Waals surface area contributed by atoms with Crippen LogP contribution in [0.5, 0.6) is 0 Å². The van der Waals surface area contributed by atoms with E-state index in [0.717, 1.165) is 45.3 Å². The molecule has 142 valence electrons. The van der Waals surface area contributed by atoms with Crippen molar-refractivity contribution in [3.63, 3.8) is 0 Å². The van der Waals surface area contributed by atoms with E-state index in [4.69, 9.17) is 4.74 Å². The quantitative estimate of drug-likeness (QED) is 0.575. The van der Waals surface area contributed by atoms with Crippen LogP contribution in [0.1, 0.15) is 86.5 Å². The fourth-order valence-corrected chi connectivity index (χ4v) is 3.53. The Kier molecular flexibility index (Phi) is 8.72. The first-order chi connectivity index (χ1) is 11.2. The highest BCUT2D eigenvalue weighted by atomic mass is 16.5. The van der Waals surface area contributed by atoms with Gasteiger partial charge in [0.25, 0.3) is 0 Å². The van der Waals surface area contributed by atoms with Crippen LogP contribution in [-0.4, -0.2) is 47.7 Å². The van der Waals surface area contributed by atoms with E-state index >= 15 is 0 Å². The molecule has 1 rings (SSSR count). The van der Waals surface area contributed by atoms with E-state index in [1.165, 1.54) is 12.8 Å². The van der Waals surface area contributed by atoms with Gasteiger partial charge in [-0.1, -0.05) is 33.1 Å². The Hall–Kier alpha value is -0.610. The molecule has 1 amide bonds. The zero-order valence-electron chi connectivity index (χ0n) is 16.9. The zero-order valence-corrected chi connectivity index (χ0v) is 16.9. The molecule has 0 bridgehead atoms. The van der Waals surface area contributed by atoms with E-state index in [9.17, 15) is 4.79 Å². The normalized spacial score (nSPS) is 21.2. The number of likely N-dealkylation sites (tertiary alicyclic amines) is 1. The molecule has 0 aromatic rings. The fraction of sp³-hybridized carbons (Fsp3) is 0.950. The number of hydrogen-bond donors (Lipinski definition) is 1. The summed E-state index contributed by atoms with van der Waals surface area (Å²) < 4.78 is 6.17. The van der Waals surface area contributed by atoms with E-state index in [0.29, 0.717) is 6.54 Å². The van der Waals surface area contributed by atoms with Gasteiger partial charge >= 0.3 is 0 Å². The third-order valence-corrected chi connectivity index (χ3v) is 5.09. The van der Waals surface area contributed by atoms with Crippen LogP contribution < -0.4 is 5.32 Å². The molecule has 1 heterocycles. The molecule has 1 aliphatic heterocycles. The highest BCUT2D eigenvalue weighted by molar-refractivity contribution is 5.82. The van der Waals surface area contributed by atoms with Crippen LogP contribution in [0.25, 0.3) is 0 Å². The minimum atomic E-state index is 0.00573. The van der Waals surface area contributed by atoms with Gasteiger partial charge in [0.1, 0.15) is 0 Å². The summed E-state index contributed by atoms with van der Waals surface area (Å²) in [5.41, 5.74) is 0.0797. The molecular formula is C20H40N2O2. The lowest BCUT2D eigenvalue weighted by molar-refractivity contribution is -0.135. The Balaban J connectivity index is 2.24. The Bertz CT molecular complexity index is 378. The maximum atomic E-state index is 12.3. The molecule has 1 fully saturated rings. The average Bonchev–Trinajstić information content (AvgIpc) is 2.42. The Labute approximate surface area is 149 Å². The third kappa shape index (κ3) is 6.72. The summed E-state index contributed by atoms with van der Waals surface area (Å²) in [4.78, 5) is 14.6. The number of carbonyl (C=O) groups excluding carboxylic acids is 1. The second-order valence-electron chi connectivity index (χ2n) is 8.47. The third-order valence-electron chi connectivity index (χ3n) is 5.09. The molecule has 0 spiro atoms. The Morgan fingerprint density at radius 3 is 2.33 bits per heavy atom. The molecule has 2 atom stereocenters. The van der Waals surface area contributed by atoms with Crippen LogP contribution in [0.2, 0.25) is 0 Å². The van der Waals surface area contributed by atoms with Crippen molar-refractivity contribution in [1.82, 2.24) is 10.2 Å². The maximum absolute atomic E-state index is 12.3. The van der Waals surface area contributed by atoms with Gasteiger partial charge in [-0.2, -0.15) is 0 Å². The molecule has 24 heavy (non-hydrogen) atoms. The predicted molar refractivity (Wildman–Crippen MR) is 101 cm³/mol. The second-order valence-corrected chi connectivity index (χ2v) is 8.47. The molecule has 0 saturated carbocycles. The molecular weight excluding hydrogens is 300 g/mol. The van der Waals surface area contributed by atoms with Crippen molar-refractivity contribution in [3.05, 3.63) is 0 Å². The smallest absolute Gasteiger partial charge is 0.237 e. The van der Waals surface area contributed by atoms with Gasteiger partial charge in [0.05, 0.1) is 11.6 Å². The highest BCUT2D eigenvalue weighted by Gasteiger charge is 2.40. The first-order valence-corrected chi connectivity index (χ1v) is 9.92. The number of ether oxygens (including phenoxy) is 1. The van der Waals surface area contributed by atoms with Crippen LogP contribution in [0, 0.1) is 0 Å². The van der Waals surface area contributed by atoms with Gasteiger partial charge in [-0.25, -0.2) is 0 Å². The molecule has 1 saturated heterocycles. The van der Waals surface area contributed by atoms with Crippen molar-refractivity contribution in [2.24, 2.45) is 0 Å². The largest absolute Gasteiger partial charge is 0.375 e. The van der Waals surface area contributed by atoms with E-state index in [1.54, 1.807) is 0 Å². The summed E-state index contributed by atoms with van der Waals surface area (Å²) in [5, 5.41) is 3.09. The molecule has 0 aromatic heterocycles. The molecule has 1 aliphatic rings. The summed E-state index contributed by atoms with van der Waals surface area (Å²) in [5.74, 6) is 0.179. The molecule has 0 radical (unpaired) electrons. The maximum Gasteiger partial charge on any atom is 0.237 e. The molecule has 1 N–H and O–H groups in total. The fourth-order valence-electron chi connectivity index (χ4n) is 3.53. The number of nitrogens with zero attached hydrogens (tertiary/aromatic N) is 1. The second kappa shape index (κ2) is 9.76. The van der Waals surface area contributed by atoms with Crippen molar-refractivity contribution in [2.45, 2.75) is 104 Å². The van der Waals surface area contributed by atoms with Crippen LogP contribution in [0.3, 0.4) is 0 Å². The minimum Gasteiger partial charge on any atom is -0.375 e. The van der Waals surface area contributed by atoms with Crippen LogP contribution in [-0.2, 0) is 9.53 Å². The summed E-state index contributed by atoms with van der Waals surface area (Å²) in [6.45, 7) is 15.7. The lowest BCUT2D eigenvalue weighted by Gasteiger charge is -2.48. The highest BCUT2D eigenvalue weighted by Crippen LogP contribution is 2.27. The monoisotopic (exact) mass is 340 g/mol. The number of unbranched alkanes of at least 4 members (excludes halogenated alkanes) is 1. The van der Waals surface area contributed by atoms with Crippen molar-refractivity contribution in [3.8, 4) is 0 Å². The van der Waals surface area contributed by atoms with E-state index in [-0.39, 0.29) is 23.1 Å². The summed E-state index contributed by atoms with van der Waals surface area (Å²) >= 11 is 0. The summed E-state index contributed by atoms with van der Waals surface area (Å²) in [6.07, 6.45) is 7.70. The van der Waals surface area contributed by atoms with E-state index in [1.807, 2.05) is 0 Å². The molecule has 4 heteroatoms. The first kappa shape index (κ1) is 21.4. The van der Waals surface area contributed by atoms with Crippen LogP contribution in [0.4, 0.5) is 0 Å². The van der Waals surface area contributed by atoms with Crippen molar-refractivity contribution < 1.29 is 9.53 Å². The van der Waals surface area contributed by atoms with E-state index < -0.39 is 0 Å². The minimum absolute atomic E-state index is 0.00573. The van der Waals surface area contributed by atoms with Crippen LogP contribution >= 0.6 is 0 Å². The lowest BCUT2D eigenvalue weighted by Crippen LogP contribution is -2.62. The van der Waals surface area contributed by atoms with E-state index in [2.05, 4.69) is 51.8 Å². The zero-order chi connectivity index (χ0) is 18.2. The number of carbonyl (C=O) groups is 1. The average molecular weight is 341 g/mol. The van der Waals surface area contributed by atoms with Gasteiger partial charge in [-0.05, 0) is 53.4 Å². The van der Waals surface area contributed by atoms with Gasteiger partial charge in [-0.3, -0.25) is 9.69 Å². The topological polar surface area (TPSA) is 41.6 Å². The molecule has 0 aliphatic carbocycles. The standard InChI is InChI=1S/C20H40N2O2/c1-7-9-13-20(6,12-8-2)24-16-10-14-21-18(23)17-11-15-22(17)19(3,4)5/h17H,7-16H2,1-6H3,(H,21,23). The number of nitrogens with one attached hydrogen (secondary N) is 1. The first-order valence-electron chi connectivity index (χ1n) is 9.92. The predicted octanol–water partition coefficient (Wildman–Crippen LogP) is 4.13. The molecule has 4 nitrogen and oxygen atoms in total. The van der Waals surface area contributed by atoms with Gasteiger partial charge in [-0.15, -0.1) is 0 Å². The van der Waals surface area contributed by atoms with Crippen molar-refractivity contribution in [2.75, 3.05) is 19.7 Å². The number of hydrogen-bond acceptors (Lipinski definition) is 3. The van der Waals surface area contributed by atoms with Gasteiger partial charge in [0, 0.05) is 25.2 Å². The Morgan fingerprint density at radius 2 is 1.83 bits per heavy atom. The molecule has 0 aromatic carbocycles. The van der Waals surface area contributed by atoms with Gasteiger partial charge in [0.15, 0.2) is 0 Å². The van der Waals surface area contributed by atoms with Gasteiger partial charge < -0.3 is 10.1 Å². The van der Waals surface area contributed by atoms with Crippen molar-refractivity contribution >= 4 is 5.91 Å².